The summed E-state index contributed by atoms with van der Waals surface area (Å²) in [6, 6.07) is 15.2. The summed E-state index contributed by atoms with van der Waals surface area (Å²) < 4.78 is 23.6. The lowest BCUT2D eigenvalue weighted by molar-refractivity contribution is -0.122. The van der Waals surface area contributed by atoms with Crippen LogP contribution in [0.2, 0.25) is 5.02 Å². The van der Waals surface area contributed by atoms with E-state index in [9.17, 15) is 23.6 Å². The standard InChI is InChI=1S/C26H18ClFN2O6/c1-35-25(33)17-6-8-19(9-7-17)30-24(32)20(23(31)29-26(30)34)12-15-5-10-22(21(27)13-15)36-14-16-3-2-4-18(28)11-16/h2-13H,14H2,1H3,(H,29,31,34)/b20-12+. The molecule has 1 heterocycles. The highest BCUT2D eigenvalue weighted by atomic mass is 35.5. The number of nitrogens with zero attached hydrogens (tertiary/aromatic N) is 1. The van der Waals surface area contributed by atoms with Gasteiger partial charge in [0.15, 0.2) is 0 Å². The Morgan fingerprint density at radius 3 is 2.47 bits per heavy atom. The predicted octanol–water partition coefficient (Wildman–Crippen LogP) is 4.51. The first-order valence-corrected chi connectivity index (χ1v) is 10.9. The topological polar surface area (TPSA) is 102 Å². The van der Waals surface area contributed by atoms with Crippen LogP contribution in [0.1, 0.15) is 21.5 Å². The second kappa shape index (κ2) is 10.4. The summed E-state index contributed by atoms with van der Waals surface area (Å²) in [6.45, 7) is 0.0879. The number of amides is 4. The molecule has 182 valence electrons. The maximum atomic E-state index is 13.3. The fraction of sp³-hybridized carbons (Fsp3) is 0.0769. The Kier molecular flexibility index (Phi) is 7.12. The quantitative estimate of drug-likeness (QED) is 0.298. The van der Waals surface area contributed by atoms with Crippen molar-refractivity contribution >= 4 is 47.2 Å². The normalized spacial score (nSPS) is 14.6. The lowest BCUT2D eigenvalue weighted by Gasteiger charge is -2.26. The van der Waals surface area contributed by atoms with Crippen LogP contribution in [-0.2, 0) is 20.9 Å². The van der Waals surface area contributed by atoms with Crippen molar-refractivity contribution in [3.63, 3.8) is 0 Å². The number of hydrogen-bond donors (Lipinski definition) is 1. The van der Waals surface area contributed by atoms with Crippen LogP contribution in [0.5, 0.6) is 5.75 Å². The smallest absolute Gasteiger partial charge is 0.337 e. The number of benzene rings is 3. The van der Waals surface area contributed by atoms with Gasteiger partial charge in [0.25, 0.3) is 11.8 Å². The molecule has 0 saturated carbocycles. The summed E-state index contributed by atoms with van der Waals surface area (Å²) in [6.07, 6.45) is 1.29. The summed E-state index contributed by atoms with van der Waals surface area (Å²) in [7, 11) is 1.23. The molecule has 1 aliphatic rings. The number of ether oxygens (including phenoxy) is 2. The molecule has 1 N–H and O–H groups in total. The van der Waals surface area contributed by atoms with E-state index in [1.807, 2.05) is 0 Å². The average molecular weight is 509 g/mol. The van der Waals surface area contributed by atoms with Crippen molar-refractivity contribution in [2.75, 3.05) is 12.0 Å². The van der Waals surface area contributed by atoms with Gasteiger partial charge in [-0.15, -0.1) is 0 Å². The van der Waals surface area contributed by atoms with Crippen molar-refractivity contribution in [1.82, 2.24) is 5.32 Å². The van der Waals surface area contributed by atoms with E-state index in [-0.39, 0.29) is 34.3 Å². The first kappa shape index (κ1) is 24.6. The second-order valence-electron chi connectivity index (χ2n) is 7.60. The lowest BCUT2D eigenvalue weighted by Crippen LogP contribution is -2.54. The second-order valence-corrected chi connectivity index (χ2v) is 8.01. The molecule has 1 fully saturated rings. The molecular weight excluding hydrogens is 491 g/mol. The number of rotatable bonds is 6. The van der Waals surface area contributed by atoms with Crippen LogP contribution in [0, 0.1) is 5.82 Å². The number of carbonyl (C=O) groups is 4. The third-order valence-electron chi connectivity index (χ3n) is 5.20. The molecule has 0 unspecified atom stereocenters. The van der Waals surface area contributed by atoms with Gasteiger partial charge in [-0.3, -0.25) is 14.9 Å². The number of nitrogens with one attached hydrogen (secondary N) is 1. The van der Waals surface area contributed by atoms with E-state index >= 15 is 0 Å². The van der Waals surface area contributed by atoms with Crippen LogP contribution in [-0.4, -0.2) is 30.9 Å². The van der Waals surface area contributed by atoms with E-state index in [4.69, 9.17) is 16.3 Å². The van der Waals surface area contributed by atoms with E-state index in [0.29, 0.717) is 16.9 Å². The average Bonchev–Trinajstić information content (AvgIpc) is 2.86. The number of imide groups is 2. The van der Waals surface area contributed by atoms with E-state index in [2.05, 4.69) is 10.1 Å². The monoisotopic (exact) mass is 508 g/mol. The number of halogens is 2. The molecule has 0 aromatic heterocycles. The Labute approximate surface area is 209 Å². The maximum absolute atomic E-state index is 13.3. The van der Waals surface area contributed by atoms with Crippen LogP contribution in [0.25, 0.3) is 6.08 Å². The number of urea groups is 1. The fourth-order valence-corrected chi connectivity index (χ4v) is 3.68. The number of esters is 1. The Bertz CT molecular complexity index is 1400. The van der Waals surface area contributed by atoms with E-state index < -0.39 is 23.8 Å². The van der Waals surface area contributed by atoms with Gasteiger partial charge < -0.3 is 9.47 Å². The molecule has 1 saturated heterocycles. The van der Waals surface area contributed by atoms with Gasteiger partial charge in [-0.05, 0) is 65.7 Å². The zero-order valence-electron chi connectivity index (χ0n) is 18.8. The van der Waals surface area contributed by atoms with Crippen molar-refractivity contribution in [2.24, 2.45) is 0 Å². The van der Waals surface area contributed by atoms with Crippen molar-refractivity contribution in [3.8, 4) is 5.75 Å². The molecule has 0 atom stereocenters. The van der Waals surface area contributed by atoms with Crippen LogP contribution >= 0.6 is 11.6 Å². The molecule has 0 bridgehead atoms. The van der Waals surface area contributed by atoms with Crippen molar-refractivity contribution in [1.29, 1.82) is 0 Å². The number of hydrogen-bond acceptors (Lipinski definition) is 6. The molecule has 1 aliphatic heterocycles. The van der Waals surface area contributed by atoms with Gasteiger partial charge in [-0.1, -0.05) is 29.8 Å². The minimum absolute atomic E-state index is 0.0879. The summed E-state index contributed by atoms with van der Waals surface area (Å²) >= 11 is 6.30. The van der Waals surface area contributed by atoms with Crippen molar-refractivity contribution in [2.45, 2.75) is 6.61 Å². The van der Waals surface area contributed by atoms with Crippen LogP contribution in [0.15, 0.2) is 72.3 Å². The zero-order chi connectivity index (χ0) is 25.8. The molecule has 4 amide bonds. The van der Waals surface area contributed by atoms with Crippen LogP contribution in [0.4, 0.5) is 14.9 Å². The largest absolute Gasteiger partial charge is 0.487 e. The Morgan fingerprint density at radius 1 is 1.06 bits per heavy atom. The Morgan fingerprint density at radius 2 is 1.81 bits per heavy atom. The number of carbonyl (C=O) groups excluding carboxylic acids is 4. The van der Waals surface area contributed by atoms with Gasteiger partial charge in [-0.25, -0.2) is 18.9 Å². The van der Waals surface area contributed by atoms with Gasteiger partial charge in [0.05, 0.1) is 23.4 Å². The van der Waals surface area contributed by atoms with Gasteiger partial charge in [0.2, 0.25) is 0 Å². The number of methoxy groups -OCH3 is 1. The van der Waals surface area contributed by atoms with Gasteiger partial charge in [0, 0.05) is 0 Å². The molecule has 0 spiro atoms. The molecule has 8 nitrogen and oxygen atoms in total. The van der Waals surface area contributed by atoms with Gasteiger partial charge in [-0.2, -0.15) is 0 Å². The molecular formula is C26H18ClFN2O6. The summed E-state index contributed by atoms with van der Waals surface area (Å²) in [4.78, 5) is 50.3. The highest BCUT2D eigenvalue weighted by Crippen LogP contribution is 2.28. The molecule has 10 heteroatoms. The number of barbiturate groups is 1. The third kappa shape index (κ3) is 5.26. The lowest BCUT2D eigenvalue weighted by atomic mass is 10.1. The molecule has 0 radical (unpaired) electrons. The minimum atomic E-state index is -0.924. The highest BCUT2D eigenvalue weighted by molar-refractivity contribution is 6.39. The SMILES string of the molecule is COC(=O)c1ccc(N2C(=O)NC(=O)/C(=C\c3ccc(OCc4cccc(F)c4)c(Cl)c3)C2=O)cc1. The molecule has 3 aromatic carbocycles. The Hall–Kier alpha value is -4.50. The van der Waals surface area contributed by atoms with Crippen LogP contribution < -0.4 is 15.0 Å². The zero-order valence-corrected chi connectivity index (χ0v) is 19.5. The molecule has 4 rings (SSSR count). The highest BCUT2D eigenvalue weighted by Gasteiger charge is 2.36. The molecule has 3 aromatic rings. The summed E-state index contributed by atoms with van der Waals surface area (Å²) in [5.74, 6) is -2.35. The summed E-state index contributed by atoms with van der Waals surface area (Å²) in [5.41, 5.74) is 1.11. The minimum Gasteiger partial charge on any atom is -0.487 e. The van der Waals surface area contributed by atoms with E-state index in [1.165, 1.54) is 55.7 Å². The predicted molar refractivity (Wildman–Crippen MR) is 129 cm³/mol. The van der Waals surface area contributed by atoms with Crippen LogP contribution in [0.3, 0.4) is 0 Å². The third-order valence-corrected chi connectivity index (χ3v) is 5.49. The first-order chi connectivity index (χ1) is 17.3. The fourth-order valence-electron chi connectivity index (χ4n) is 3.43. The summed E-state index contributed by atoms with van der Waals surface area (Å²) in [5, 5.41) is 2.33. The number of anilines is 1. The van der Waals surface area contributed by atoms with Crippen molar-refractivity contribution < 1.29 is 33.0 Å². The van der Waals surface area contributed by atoms with Crippen molar-refractivity contribution in [3.05, 3.63) is 99.8 Å². The Balaban J connectivity index is 1.55. The molecule has 36 heavy (non-hydrogen) atoms. The first-order valence-electron chi connectivity index (χ1n) is 10.5. The van der Waals surface area contributed by atoms with E-state index in [0.717, 1.165) is 4.90 Å². The van der Waals surface area contributed by atoms with Gasteiger partial charge in [0.1, 0.15) is 23.7 Å². The maximum Gasteiger partial charge on any atom is 0.337 e. The molecule has 0 aliphatic carbocycles. The van der Waals surface area contributed by atoms with E-state index in [1.54, 1.807) is 24.3 Å². The van der Waals surface area contributed by atoms with Gasteiger partial charge >= 0.3 is 12.0 Å².